The number of hydrogen-bond donors (Lipinski definition) is 2. The highest BCUT2D eigenvalue weighted by Gasteiger charge is 2.35. The van der Waals surface area contributed by atoms with Crippen molar-refractivity contribution in [2.24, 2.45) is 0 Å². The van der Waals surface area contributed by atoms with E-state index in [2.05, 4.69) is 20.4 Å². The number of carbonyl (C=O) groups excluding carboxylic acids is 2. The molecule has 9 heteroatoms. The number of ether oxygens (including phenoxy) is 2. The lowest BCUT2D eigenvalue weighted by atomic mass is 9.95. The second-order valence-corrected chi connectivity index (χ2v) is 8.31. The molecule has 4 rings (SSSR count). The van der Waals surface area contributed by atoms with Crippen LogP contribution in [0.5, 0.6) is 5.75 Å². The minimum absolute atomic E-state index is 0.364. The highest BCUT2D eigenvalue weighted by Crippen LogP contribution is 2.32. The zero-order valence-corrected chi connectivity index (χ0v) is 19.4. The van der Waals surface area contributed by atoms with E-state index in [9.17, 15) is 9.59 Å². The van der Waals surface area contributed by atoms with Gasteiger partial charge in [-0.15, -0.1) is 0 Å². The monoisotopic (exact) mass is 470 g/mol. The van der Waals surface area contributed by atoms with Crippen LogP contribution >= 0.6 is 11.6 Å². The van der Waals surface area contributed by atoms with E-state index in [-0.39, 0.29) is 6.03 Å². The highest BCUT2D eigenvalue weighted by atomic mass is 35.5. The first-order chi connectivity index (χ1) is 16.0. The van der Waals surface area contributed by atoms with E-state index in [1.165, 1.54) is 7.11 Å². The van der Waals surface area contributed by atoms with Crippen LogP contribution in [0.1, 0.15) is 11.6 Å². The van der Waals surface area contributed by atoms with Gasteiger partial charge in [0.05, 0.1) is 25.8 Å². The number of amides is 2. The van der Waals surface area contributed by atoms with Crippen LogP contribution in [-0.2, 0) is 9.53 Å². The number of urea groups is 1. The molecule has 1 fully saturated rings. The largest absolute Gasteiger partial charge is 0.497 e. The van der Waals surface area contributed by atoms with E-state index in [1.807, 2.05) is 30.3 Å². The van der Waals surface area contributed by atoms with Crippen molar-refractivity contribution >= 4 is 29.3 Å². The van der Waals surface area contributed by atoms with Crippen molar-refractivity contribution in [2.75, 3.05) is 51.8 Å². The smallest absolute Gasteiger partial charge is 0.338 e. The molecule has 0 bridgehead atoms. The molecule has 2 heterocycles. The maximum absolute atomic E-state index is 12.8. The summed E-state index contributed by atoms with van der Waals surface area (Å²) in [6.45, 7) is 3.64. The Kier molecular flexibility index (Phi) is 7.05. The molecule has 2 N–H and O–H groups in total. The highest BCUT2D eigenvalue weighted by molar-refractivity contribution is 6.31. The summed E-state index contributed by atoms with van der Waals surface area (Å²) in [7, 11) is 2.99. The average molecular weight is 471 g/mol. The lowest BCUT2D eigenvalue weighted by molar-refractivity contribution is -0.136. The zero-order chi connectivity index (χ0) is 23.4. The first-order valence-electron chi connectivity index (χ1n) is 10.7. The second kappa shape index (κ2) is 10.1. The Bertz CT molecular complexity index is 1050. The average Bonchev–Trinajstić information content (AvgIpc) is 2.84. The Morgan fingerprint density at radius 1 is 1.06 bits per heavy atom. The van der Waals surface area contributed by atoms with Crippen LogP contribution in [-0.4, -0.2) is 63.8 Å². The van der Waals surface area contributed by atoms with Gasteiger partial charge >= 0.3 is 12.0 Å². The molecular formula is C24H27ClN4O4. The first-order valence-corrected chi connectivity index (χ1v) is 11.1. The fourth-order valence-electron chi connectivity index (χ4n) is 4.22. The first kappa shape index (κ1) is 22.9. The predicted octanol–water partition coefficient (Wildman–Crippen LogP) is 2.95. The van der Waals surface area contributed by atoms with Crippen LogP contribution in [0.25, 0.3) is 0 Å². The molecule has 2 aliphatic rings. The maximum atomic E-state index is 12.8. The van der Waals surface area contributed by atoms with E-state index < -0.39 is 12.0 Å². The van der Waals surface area contributed by atoms with Crippen molar-refractivity contribution in [3.63, 3.8) is 0 Å². The van der Waals surface area contributed by atoms with Gasteiger partial charge in [0, 0.05) is 49.1 Å². The van der Waals surface area contributed by atoms with E-state index in [1.54, 1.807) is 25.3 Å². The standard InChI is InChI=1S/C24H27ClN4O4/c1-32-17-9-7-16(8-10-17)29-13-11-28(12-14-29)15-20-21(23(30)33-2)22(27-24(31)26-20)18-5-3-4-6-19(18)25/h3-10,22H,11-15H2,1-2H3,(H2,26,27,31)/t22-/m0/s1. The number of esters is 1. The summed E-state index contributed by atoms with van der Waals surface area (Å²) in [5.41, 5.74) is 2.69. The minimum atomic E-state index is -0.685. The molecule has 33 heavy (non-hydrogen) atoms. The van der Waals surface area contributed by atoms with Crippen molar-refractivity contribution in [2.45, 2.75) is 6.04 Å². The number of hydrogen-bond acceptors (Lipinski definition) is 6. The van der Waals surface area contributed by atoms with Gasteiger partial charge in [0.1, 0.15) is 5.75 Å². The Morgan fingerprint density at radius 2 is 1.76 bits per heavy atom. The third kappa shape index (κ3) is 5.07. The number of methoxy groups -OCH3 is 2. The molecule has 1 saturated heterocycles. The molecule has 0 saturated carbocycles. The molecule has 2 aliphatic heterocycles. The van der Waals surface area contributed by atoms with Gasteiger partial charge in [-0.05, 0) is 35.9 Å². The molecular weight excluding hydrogens is 444 g/mol. The van der Waals surface area contributed by atoms with Gasteiger partial charge in [-0.2, -0.15) is 0 Å². The lowest BCUT2D eigenvalue weighted by Crippen LogP contribution is -2.51. The van der Waals surface area contributed by atoms with Gasteiger partial charge in [-0.1, -0.05) is 29.8 Å². The van der Waals surface area contributed by atoms with Gasteiger partial charge in [-0.3, -0.25) is 4.90 Å². The molecule has 174 valence electrons. The third-order valence-electron chi connectivity index (χ3n) is 5.97. The van der Waals surface area contributed by atoms with E-state index >= 15 is 0 Å². The van der Waals surface area contributed by atoms with Crippen LogP contribution in [0, 0.1) is 0 Å². The molecule has 0 spiro atoms. The Balaban J connectivity index is 1.53. The quantitative estimate of drug-likeness (QED) is 0.632. The van der Waals surface area contributed by atoms with Gasteiger partial charge in [0.25, 0.3) is 0 Å². The summed E-state index contributed by atoms with van der Waals surface area (Å²) in [6.07, 6.45) is 0. The van der Waals surface area contributed by atoms with Gasteiger partial charge in [-0.25, -0.2) is 9.59 Å². The second-order valence-electron chi connectivity index (χ2n) is 7.90. The van der Waals surface area contributed by atoms with Crippen LogP contribution < -0.4 is 20.3 Å². The number of benzene rings is 2. The summed E-state index contributed by atoms with van der Waals surface area (Å²) in [6, 6.07) is 14.1. The fraction of sp³-hybridized carbons (Fsp3) is 0.333. The fourth-order valence-corrected chi connectivity index (χ4v) is 4.46. The molecule has 0 aliphatic carbocycles. The van der Waals surface area contributed by atoms with E-state index in [0.29, 0.717) is 28.4 Å². The van der Waals surface area contributed by atoms with Crippen molar-refractivity contribution < 1.29 is 19.1 Å². The van der Waals surface area contributed by atoms with Crippen molar-refractivity contribution in [1.82, 2.24) is 15.5 Å². The van der Waals surface area contributed by atoms with Crippen LogP contribution in [0.2, 0.25) is 5.02 Å². The maximum Gasteiger partial charge on any atom is 0.338 e. The minimum Gasteiger partial charge on any atom is -0.497 e. The van der Waals surface area contributed by atoms with E-state index in [0.717, 1.165) is 37.6 Å². The van der Waals surface area contributed by atoms with Crippen LogP contribution in [0.15, 0.2) is 59.8 Å². The number of nitrogens with zero attached hydrogens (tertiary/aromatic N) is 2. The normalized spacial score (nSPS) is 19.1. The molecule has 1 atom stereocenters. The predicted molar refractivity (Wildman–Crippen MR) is 127 cm³/mol. The molecule has 2 amide bonds. The Morgan fingerprint density at radius 3 is 2.39 bits per heavy atom. The SMILES string of the molecule is COC(=O)C1=C(CN2CCN(c3ccc(OC)cc3)CC2)NC(=O)N[C@H]1c1ccccc1Cl. The molecule has 2 aromatic rings. The number of piperazine rings is 1. The van der Waals surface area contributed by atoms with Crippen molar-refractivity contribution in [1.29, 1.82) is 0 Å². The van der Waals surface area contributed by atoms with Crippen molar-refractivity contribution in [3.8, 4) is 5.75 Å². The van der Waals surface area contributed by atoms with Gasteiger partial charge in [0.15, 0.2) is 0 Å². The zero-order valence-electron chi connectivity index (χ0n) is 18.6. The number of rotatable bonds is 6. The summed E-state index contributed by atoms with van der Waals surface area (Å²) < 4.78 is 10.3. The van der Waals surface area contributed by atoms with Crippen LogP contribution in [0.4, 0.5) is 10.5 Å². The van der Waals surface area contributed by atoms with E-state index in [4.69, 9.17) is 21.1 Å². The summed E-state index contributed by atoms with van der Waals surface area (Å²) >= 11 is 6.38. The summed E-state index contributed by atoms with van der Waals surface area (Å²) in [5, 5.41) is 6.10. The molecule has 0 unspecified atom stereocenters. The number of carbonyl (C=O) groups is 2. The van der Waals surface area contributed by atoms with Crippen molar-refractivity contribution in [3.05, 3.63) is 70.4 Å². The van der Waals surface area contributed by atoms with Crippen LogP contribution in [0.3, 0.4) is 0 Å². The molecule has 0 radical (unpaired) electrons. The molecule has 0 aromatic heterocycles. The summed E-state index contributed by atoms with van der Waals surface area (Å²) in [5.74, 6) is 0.327. The number of halogens is 1. The Hall–Kier alpha value is -3.23. The van der Waals surface area contributed by atoms with Gasteiger partial charge in [0.2, 0.25) is 0 Å². The number of anilines is 1. The van der Waals surface area contributed by atoms with Gasteiger partial charge < -0.3 is 25.0 Å². The lowest BCUT2D eigenvalue weighted by Gasteiger charge is -2.38. The molecule has 2 aromatic carbocycles. The summed E-state index contributed by atoms with van der Waals surface area (Å²) in [4.78, 5) is 29.7. The molecule has 8 nitrogen and oxygen atoms in total. The third-order valence-corrected chi connectivity index (χ3v) is 6.31. The topological polar surface area (TPSA) is 83.1 Å². The number of nitrogens with one attached hydrogen (secondary N) is 2. The Labute approximate surface area is 198 Å².